The highest BCUT2D eigenvalue weighted by atomic mass is 16.3. The summed E-state index contributed by atoms with van der Waals surface area (Å²) in [6.45, 7) is 8.19. The number of phenolic OH excluding ortho intramolecular Hbond substituents is 1. The van der Waals surface area contributed by atoms with Gasteiger partial charge >= 0.3 is 5.69 Å². The molecule has 1 N–H and O–H groups in total. The Morgan fingerprint density at radius 1 is 1.00 bits per heavy atom. The zero-order chi connectivity index (χ0) is 17.4. The molecule has 3 rings (SSSR count). The van der Waals surface area contributed by atoms with E-state index >= 15 is 0 Å². The summed E-state index contributed by atoms with van der Waals surface area (Å²) in [6.07, 6.45) is 0. The smallest absolute Gasteiger partial charge is 0.348 e. The average molecular weight is 322 g/mol. The zero-order valence-electron chi connectivity index (χ0n) is 14.4. The molecule has 1 aromatic heterocycles. The molecule has 2 aromatic carbocycles. The van der Waals surface area contributed by atoms with Gasteiger partial charge in [0.25, 0.3) is 0 Å². The second-order valence-corrected chi connectivity index (χ2v) is 6.68. The first-order valence-electron chi connectivity index (χ1n) is 8.24. The van der Waals surface area contributed by atoms with Crippen LogP contribution < -0.4 is 5.69 Å². The molecule has 0 atom stereocenters. The fourth-order valence-corrected chi connectivity index (χ4v) is 2.98. The molecule has 0 aliphatic heterocycles. The van der Waals surface area contributed by atoms with E-state index in [-0.39, 0.29) is 17.5 Å². The first kappa shape index (κ1) is 16.2. The van der Waals surface area contributed by atoms with Gasteiger partial charge in [0.15, 0.2) is 0 Å². The fourth-order valence-electron chi connectivity index (χ4n) is 2.98. The highest BCUT2D eigenvalue weighted by Crippen LogP contribution is 2.30. The van der Waals surface area contributed by atoms with Crippen LogP contribution in [0.15, 0.2) is 47.3 Å². The quantitative estimate of drug-likeness (QED) is 0.774. The van der Waals surface area contributed by atoms with Crippen molar-refractivity contribution in [3.05, 3.63) is 58.5 Å². The minimum Gasteiger partial charge on any atom is -0.508 e. The zero-order valence-corrected chi connectivity index (χ0v) is 14.4. The van der Waals surface area contributed by atoms with Crippen molar-refractivity contribution in [2.24, 2.45) is 0 Å². The van der Waals surface area contributed by atoms with Gasteiger partial charge in [0.1, 0.15) is 5.75 Å². The number of hydrogen-bond acceptors (Lipinski definition) is 3. The number of fused-ring (bicyclic) bond motifs is 1. The lowest BCUT2D eigenvalue weighted by molar-refractivity contribution is 0.476. The van der Waals surface area contributed by atoms with E-state index in [9.17, 15) is 9.90 Å². The fraction of sp³-hybridized carbons (Fsp3) is 0.300. The van der Waals surface area contributed by atoms with Crippen LogP contribution in [-0.4, -0.2) is 14.7 Å². The molecule has 0 bridgehead atoms. The molecule has 0 aliphatic rings. The lowest BCUT2D eigenvalue weighted by Gasteiger charge is -2.16. The van der Waals surface area contributed by atoms with E-state index in [4.69, 9.17) is 0 Å². The predicted molar refractivity (Wildman–Crippen MR) is 97.6 cm³/mol. The van der Waals surface area contributed by atoms with Crippen molar-refractivity contribution in [2.75, 3.05) is 0 Å². The van der Waals surface area contributed by atoms with Gasteiger partial charge in [-0.25, -0.2) is 4.79 Å². The van der Waals surface area contributed by atoms with Gasteiger partial charge in [-0.15, -0.1) is 0 Å². The standard InChI is InChI=1S/C20H22N2O2/c1-12(2)14-5-7-15(8-6-14)19-17-11-16(23)9-10-18(17)22(13(3)4)20(24)21-19/h5-13,23H,1-4H3. The van der Waals surface area contributed by atoms with E-state index in [0.29, 0.717) is 11.6 Å². The van der Waals surface area contributed by atoms with Gasteiger partial charge in [-0.3, -0.25) is 4.57 Å². The molecule has 0 aliphatic carbocycles. The Morgan fingerprint density at radius 2 is 1.67 bits per heavy atom. The number of aromatic hydroxyl groups is 1. The van der Waals surface area contributed by atoms with Crippen LogP contribution in [-0.2, 0) is 0 Å². The van der Waals surface area contributed by atoms with Crippen LogP contribution in [0.25, 0.3) is 22.2 Å². The highest BCUT2D eigenvalue weighted by Gasteiger charge is 2.14. The number of nitrogens with zero attached hydrogens (tertiary/aromatic N) is 2. The summed E-state index contributed by atoms with van der Waals surface area (Å²) in [4.78, 5) is 16.8. The van der Waals surface area contributed by atoms with E-state index < -0.39 is 0 Å². The van der Waals surface area contributed by atoms with E-state index in [1.165, 1.54) is 5.56 Å². The molecule has 4 nitrogen and oxygen atoms in total. The SMILES string of the molecule is CC(C)c1ccc(-c2nc(=O)n(C(C)C)c3ccc(O)cc23)cc1. The molecular weight excluding hydrogens is 300 g/mol. The Hall–Kier alpha value is -2.62. The third-order valence-electron chi connectivity index (χ3n) is 4.28. The van der Waals surface area contributed by atoms with Crippen LogP contribution in [0.3, 0.4) is 0 Å². The Bertz CT molecular complexity index is 938. The molecule has 4 heteroatoms. The van der Waals surface area contributed by atoms with Gasteiger partial charge in [-0.1, -0.05) is 38.1 Å². The van der Waals surface area contributed by atoms with E-state index in [2.05, 4.69) is 31.0 Å². The molecular formula is C20H22N2O2. The minimum absolute atomic E-state index is 0.00518. The molecule has 0 fully saturated rings. The van der Waals surface area contributed by atoms with Crippen molar-refractivity contribution in [1.82, 2.24) is 9.55 Å². The highest BCUT2D eigenvalue weighted by molar-refractivity contribution is 5.93. The van der Waals surface area contributed by atoms with Gasteiger partial charge in [-0.05, 0) is 43.5 Å². The summed E-state index contributed by atoms with van der Waals surface area (Å²) in [5.74, 6) is 0.611. The second-order valence-electron chi connectivity index (χ2n) is 6.68. The van der Waals surface area contributed by atoms with Gasteiger partial charge in [0, 0.05) is 17.0 Å². The third kappa shape index (κ3) is 2.80. The summed E-state index contributed by atoms with van der Waals surface area (Å²) in [5.41, 5.74) is 3.24. The summed E-state index contributed by atoms with van der Waals surface area (Å²) in [5, 5.41) is 10.7. The van der Waals surface area contributed by atoms with E-state index in [1.54, 1.807) is 22.8 Å². The molecule has 124 valence electrons. The van der Waals surface area contributed by atoms with Crippen LogP contribution in [0.5, 0.6) is 5.75 Å². The first-order chi connectivity index (χ1) is 11.4. The van der Waals surface area contributed by atoms with E-state index in [1.807, 2.05) is 26.0 Å². The molecule has 1 heterocycles. The Kier molecular flexibility index (Phi) is 4.14. The maximum Gasteiger partial charge on any atom is 0.348 e. The lowest BCUT2D eigenvalue weighted by atomic mass is 9.99. The Balaban J connectivity index is 2.30. The monoisotopic (exact) mass is 322 g/mol. The third-order valence-corrected chi connectivity index (χ3v) is 4.28. The van der Waals surface area contributed by atoms with Crippen molar-refractivity contribution in [2.45, 2.75) is 39.7 Å². The van der Waals surface area contributed by atoms with Crippen LogP contribution >= 0.6 is 0 Å². The molecule has 3 aromatic rings. The van der Waals surface area contributed by atoms with Crippen molar-refractivity contribution in [1.29, 1.82) is 0 Å². The van der Waals surface area contributed by atoms with Crippen LogP contribution in [0.1, 0.15) is 45.2 Å². The van der Waals surface area contributed by atoms with Gasteiger partial charge < -0.3 is 5.11 Å². The Morgan fingerprint density at radius 3 is 2.25 bits per heavy atom. The van der Waals surface area contributed by atoms with E-state index in [0.717, 1.165) is 16.5 Å². The number of aromatic nitrogens is 2. The molecule has 0 radical (unpaired) electrons. The number of benzene rings is 2. The molecule has 0 saturated carbocycles. The number of hydrogen-bond donors (Lipinski definition) is 1. The van der Waals surface area contributed by atoms with Crippen molar-refractivity contribution in [3.8, 4) is 17.0 Å². The van der Waals surface area contributed by atoms with Crippen molar-refractivity contribution in [3.63, 3.8) is 0 Å². The topological polar surface area (TPSA) is 55.1 Å². The van der Waals surface area contributed by atoms with Crippen molar-refractivity contribution < 1.29 is 5.11 Å². The largest absolute Gasteiger partial charge is 0.508 e. The second kappa shape index (κ2) is 6.11. The first-order valence-corrected chi connectivity index (χ1v) is 8.24. The molecule has 0 spiro atoms. The summed E-state index contributed by atoms with van der Waals surface area (Å²) < 4.78 is 1.65. The summed E-state index contributed by atoms with van der Waals surface area (Å²) in [7, 11) is 0. The normalized spacial score (nSPS) is 11.6. The van der Waals surface area contributed by atoms with Crippen LogP contribution in [0.4, 0.5) is 0 Å². The maximum absolute atomic E-state index is 12.5. The van der Waals surface area contributed by atoms with Crippen LogP contribution in [0, 0.1) is 0 Å². The molecule has 0 unspecified atom stereocenters. The van der Waals surface area contributed by atoms with Gasteiger partial charge in [0.2, 0.25) is 0 Å². The molecule has 24 heavy (non-hydrogen) atoms. The van der Waals surface area contributed by atoms with Crippen LogP contribution in [0.2, 0.25) is 0 Å². The van der Waals surface area contributed by atoms with Gasteiger partial charge in [-0.2, -0.15) is 4.98 Å². The summed E-state index contributed by atoms with van der Waals surface area (Å²) in [6, 6.07) is 13.1. The van der Waals surface area contributed by atoms with Gasteiger partial charge in [0.05, 0.1) is 11.2 Å². The predicted octanol–water partition coefficient (Wildman–Crippen LogP) is 4.47. The maximum atomic E-state index is 12.5. The summed E-state index contributed by atoms with van der Waals surface area (Å²) >= 11 is 0. The number of phenols is 1. The minimum atomic E-state index is -0.272. The molecule has 0 saturated heterocycles. The average Bonchev–Trinajstić information content (AvgIpc) is 2.54. The molecule has 0 amide bonds. The number of rotatable bonds is 3. The Labute approximate surface area is 141 Å². The lowest BCUT2D eigenvalue weighted by Crippen LogP contribution is -2.25. The van der Waals surface area contributed by atoms with Crippen molar-refractivity contribution >= 4 is 10.9 Å².